The van der Waals surface area contributed by atoms with Crippen LogP contribution in [0.15, 0.2) is 35.5 Å². The highest BCUT2D eigenvalue weighted by Crippen LogP contribution is 2.09. The van der Waals surface area contributed by atoms with Gasteiger partial charge in [-0.25, -0.2) is 0 Å². The summed E-state index contributed by atoms with van der Waals surface area (Å²) in [4.78, 5) is 2.19. The van der Waals surface area contributed by atoms with E-state index in [2.05, 4.69) is 25.3 Å². The van der Waals surface area contributed by atoms with Gasteiger partial charge in [-0.05, 0) is 18.1 Å². The number of ether oxygens (including phenoxy) is 1. The summed E-state index contributed by atoms with van der Waals surface area (Å²) in [6.45, 7) is 10.9. The lowest BCUT2D eigenvalue weighted by Gasteiger charge is -2.25. The molecule has 1 atom stereocenters. The molecule has 1 rings (SSSR count). The summed E-state index contributed by atoms with van der Waals surface area (Å²) >= 11 is 0. The lowest BCUT2D eigenvalue weighted by Crippen LogP contribution is -2.36. The summed E-state index contributed by atoms with van der Waals surface area (Å²) in [6, 6.07) is 3.83. The van der Waals surface area contributed by atoms with Crippen molar-refractivity contribution in [2.75, 3.05) is 26.3 Å². The van der Waals surface area contributed by atoms with Crippen LogP contribution in [0.2, 0.25) is 0 Å². The smallest absolute Gasteiger partial charge is 0.117 e. The molecule has 0 amide bonds. The zero-order valence-corrected chi connectivity index (χ0v) is 11.9. The summed E-state index contributed by atoms with van der Waals surface area (Å²) in [7, 11) is 0. The molecular formula is C15H25NO3. The van der Waals surface area contributed by atoms with Gasteiger partial charge in [0.15, 0.2) is 0 Å². The van der Waals surface area contributed by atoms with Crippen molar-refractivity contribution in [3.63, 3.8) is 0 Å². The summed E-state index contributed by atoms with van der Waals surface area (Å²) < 4.78 is 10.6. The van der Waals surface area contributed by atoms with Crippen molar-refractivity contribution in [2.24, 2.45) is 5.92 Å². The van der Waals surface area contributed by atoms with Crippen LogP contribution < -0.4 is 0 Å². The fraction of sp³-hybridized carbons (Fsp3) is 0.600. The van der Waals surface area contributed by atoms with E-state index in [-0.39, 0.29) is 0 Å². The van der Waals surface area contributed by atoms with E-state index >= 15 is 0 Å². The molecule has 0 aliphatic rings. The molecule has 0 aliphatic carbocycles. The molecule has 108 valence electrons. The fourth-order valence-electron chi connectivity index (χ4n) is 1.98. The first-order valence-corrected chi connectivity index (χ1v) is 6.73. The number of furan rings is 1. The Morgan fingerprint density at radius 2 is 2.26 bits per heavy atom. The molecule has 0 aromatic carbocycles. The molecule has 1 N–H and O–H groups in total. The third kappa shape index (κ3) is 7.15. The fourth-order valence-corrected chi connectivity index (χ4v) is 1.98. The quantitative estimate of drug-likeness (QED) is 0.522. The van der Waals surface area contributed by atoms with E-state index in [0.717, 1.165) is 12.3 Å². The van der Waals surface area contributed by atoms with Gasteiger partial charge in [-0.1, -0.05) is 19.9 Å². The SMILES string of the molecule is C=CCOCC(O)CN(Cc1ccco1)CC(C)C. The molecule has 4 heteroatoms. The summed E-state index contributed by atoms with van der Waals surface area (Å²) in [5.41, 5.74) is 0. The third-order valence-electron chi connectivity index (χ3n) is 2.60. The first kappa shape index (κ1) is 16.0. The van der Waals surface area contributed by atoms with Crippen LogP contribution in [0.4, 0.5) is 0 Å². The van der Waals surface area contributed by atoms with Crippen LogP contribution in [0, 0.1) is 5.92 Å². The van der Waals surface area contributed by atoms with E-state index in [4.69, 9.17) is 9.15 Å². The van der Waals surface area contributed by atoms with Crippen LogP contribution in [0.1, 0.15) is 19.6 Å². The Kier molecular flexibility index (Phi) is 7.48. The van der Waals surface area contributed by atoms with Crippen molar-refractivity contribution in [1.29, 1.82) is 0 Å². The van der Waals surface area contributed by atoms with E-state index in [9.17, 15) is 5.11 Å². The van der Waals surface area contributed by atoms with Crippen molar-refractivity contribution in [2.45, 2.75) is 26.5 Å². The molecule has 4 nitrogen and oxygen atoms in total. The Bertz CT molecular complexity index is 335. The molecule has 1 heterocycles. The number of rotatable bonds is 10. The van der Waals surface area contributed by atoms with Crippen molar-refractivity contribution in [1.82, 2.24) is 4.90 Å². The maximum atomic E-state index is 9.96. The van der Waals surface area contributed by atoms with Crippen LogP contribution in [0.25, 0.3) is 0 Å². The molecule has 1 aromatic rings. The number of hydrogen-bond acceptors (Lipinski definition) is 4. The molecule has 1 unspecified atom stereocenters. The maximum absolute atomic E-state index is 9.96. The molecule has 0 bridgehead atoms. The second-order valence-electron chi connectivity index (χ2n) is 5.15. The van der Waals surface area contributed by atoms with Crippen LogP contribution in [0.5, 0.6) is 0 Å². The Morgan fingerprint density at radius 3 is 2.84 bits per heavy atom. The Labute approximate surface area is 115 Å². The van der Waals surface area contributed by atoms with Gasteiger partial charge in [-0.15, -0.1) is 6.58 Å². The van der Waals surface area contributed by atoms with E-state index in [1.165, 1.54) is 0 Å². The van der Waals surface area contributed by atoms with Crippen LogP contribution in [-0.4, -0.2) is 42.4 Å². The average molecular weight is 267 g/mol. The zero-order chi connectivity index (χ0) is 14.1. The maximum Gasteiger partial charge on any atom is 0.117 e. The van der Waals surface area contributed by atoms with Gasteiger partial charge in [-0.2, -0.15) is 0 Å². The predicted octanol–water partition coefficient (Wildman–Crippen LogP) is 2.30. The molecule has 19 heavy (non-hydrogen) atoms. The van der Waals surface area contributed by atoms with Gasteiger partial charge in [-0.3, -0.25) is 4.90 Å². The zero-order valence-electron chi connectivity index (χ0n) is 11.9. The Balaban J connectivity index is 2.42. The minimum atomic E-state index is -0.492. The number of aliphatic hydroxyl groups excluding tert-OH is 1. The van der Waals surface area contributed by atoms with Gasteiger partial charge < -0.3 is 14.3 Å². The first-order valence-electron chi connectivity index (χ1n) is 6.73. The normalized spacial score (nSPS) is 13.1. The molecule has 1 aromatic heterocycles. The highest BCUT2D eigenvalue weighted by atomic mass is 16.5. The lowest BCUT2D eigenvalue weighted by atomic mass is 10.2. The summed E-state index contributed by atoms with van der Waals surface area (Å²) in [6.07, 6.45) is 2.86. The van der Waals surface area contributed by atoms with Crippen molar-refractivity contribution in [3.8, 4) is 0 Å². The van der Waals surface area contributed by atoms with Gasteiger partial charge in [0.25, 0.3) is 0 Å². The summed E-state index contributed by atoms with van der Waals surface area (Å²) in [5.74, 6) is 1.45. The molecule has 0 radical (unpaired) electrons. The standard InChI is InChI=1S/C15H25NO3/c1-4-7-18-12-14(17)10-16(9-13(2)3)11-15-6-5-8-19-15/h4-6,8,13-14,17H,1,7,9-12H2,2-3H3. The molecule has 0 saturated heterocycles. The number of nitrogens with zero attached hydrogens (tertiary/aromatic N) is 1. The highest BCUT2D eigenvalue weighted by Gasteiger charge is 2.14. The van der Waals surface area contributed by atoms with Gasteiger partial charge >= 0.3 is 0 Å². The topological polar surface area (TPSA) is 45.8 Å². The largest absolute Gasteiger partial charge is 0.468 e. The molecule has 0 saturated carbocycles. The van der Waals surface area contributed by atoms with Crippen molar-refractivity contribution >= 4 is 0 Å². The predicted molar refractivity (Wildman–Crippen MR) is 75.8 cm³/mol. The summed E-state index contributed by atoms with van der Waals surface area (Å²) in [5, 5.41) is 9.96. The van der Waals surface area contributed by atoms with E-state index in [1.807, 2.05) is 12.1 Å². The van der Waals surface area contributed by atoms with Gasteiger partial charge in [0.05, 0.1) is 32.1 Å². The van der Waals surface area contributed by atoms with Gasteiger partial charge in [0.2, 0.25) is 0 Å². The Morgan fingerprint density at radius 1 is 1.47 bits per heavy atom. The minimum absolute atomic E-state index is 0.332. The van der Waals surface area contributed by atoms with Gasteiger partial charge in [0.1, 0.15) is 5.76 Å². The second kappa shape index (κ2) is 8.91. The molecular weight excluding hydrogens is 242 g/mol. The second-order valence-corrected chi connectivity index (χ2v) is 5.15. The Hall–Kier alpha value is -1.10. The van der Waals surface area contributed by atoms with E-state index < -0.39 is 6.10 Å². The first-order chi connectivity index (χ1) is 9.11. The van der Waals surface area contributed by atoms with E-state index in [0.29, 0.717) is 32.2 Å². The van der Waals surface area contributed by atoms with Gasteiger partial charge in [0, 0.05) is 13.1 Å². The van der Waals surface area contributed by atoms with Crippen molar-refractivity contribution in [3.05, 3.63) is 36.8 Å². The van der Waals surface area contributed by atoms with E-state index in [1.54, 1.807) is 12.3 Å². The van der Waals surface area contributed by atoms with Crippen LogP contribution in [0.3, 0.4) is 0 Å². The third-order valence-corrected chi connectivity index (χ3v) is 2.60. The van der Waals surface area contributed by atoms with Crippen LogP contribution >= 0.6 is 0 Å². The van der Waals surface area contributed by atoms with Crippen molar-refractivity contribution < 1.29 is 14.3 Å². The number of aliphatic hydroxyl groups is 1. The van der Waals surface area contributed by atoms with Crippen LogP contribution in [-0.2, 0) is 11.3 Å². The average Bonchev–Trinajstić information content (AvgIpc) is 2.81. The highest BCUT2D eigenvalue weighted by molar-refractivity contribution is 4.98. The lowest BCUT2D eigenvalue weighted by molar-refractivity contribution is 0.0210. The minimum Gasteiger partial charge on any atom is -0.468 e. The molecule has 0 fully saturated rings. The molecule has 0 aliphatic heterocycles. The molecule has 0 spiro atoms. The monoisotopic (exact) mass is 267 g/mol. The number of hydrogen-bond donors (Lipinski definition) is 1.